The Morgan fingerprint density at radius 3 is 2.45 bits per heavy atom. The van der Waals surface area contributed by atoms with Crippen molar-refractivity contribution in [3.63, 3.8) is 0 Å². The summed E-state index contributed by atoms with van der Waals surface area (Å²) < 4.78 is 0. The Morgan fingerprint density at radius 1 is 0.939 bits per heavy atom. The molecule has 5 aromatic rings. The summed E-state index contributed by atoms with van der Waals surface area (Å²) in [6.45, 7) is 0. The minimum absolute atomic E-state index is 0.260. The molecule has 0 atom stereocenters. The van der Waals surface area contributed by atoms with E-state index in [2.05, 4.69) is 26.1 Å². The standard InChI is InChI=1S/C26H16N6O/c27-14-19-23(18-11-5-7-13-22(18)31-32-28)25(26(33)16-8-2-1-3-9-16)30-24(19)20-15-29-21-12-6-4-10-17(20)21/h1-13,15,29-30H. The van der Waals surface area contributed by atoms with Gasteiger partial charge in [0.25, 0.3) is 0 Å². The smallest absolute Gasteiger partial charge is 0.209 e. The lowest BCUT2D eigenvalue weighted by Crippen LogP contribution is -2.03. The highest BCUT2D eigenvalue weighted by Gasteiger charge is 2.27. The van der Waals surface area contributed by atoms with E-state index in [1.165, 1.54) is 0 Å². The number of aromatic nitrogens is 2. The van der Waals surface area contributed by atoms with Gasteiger partial charge in [-0.25, -0.2) is 0 Å². The number of carbonyl (C=O) groups is 1. The zero-order chi connectivity index (χ0) is 22.8. The maximum absolute atomic E-state index is 13.6. The predicted molar refractivity (Wildman–Crippen MR) is 127 cm³/mol. The van der Waals surface area contributed by atoms with Crippen molar-refractivity contribution in [3.05, 3.63) is 112 Å². The lowest BCUT2D eigenvalue weighted by molar-refractivity contribution is 0.103. The molecule has 0 bridgehead atoms. The molecule has 2 aromatic heterocycles. The average Bonchev–Trinajstić information content (AvgIpc) is 3.46. The molecule has 0 aliphatic rings. The quantitative estimate of drug-likeness (QED) is 0.137. The molecule has 156 valence electrons. The van der Waals surface area contributed by atoms with Crippen molar-refractivity contribution in [3.8, 4) is 28.5 Å². The van der Waals surface area contributed by atoms with Crippen molar-refractivity contribution in [1.29, 1.82) is 5.26 Å². The molecule has 2 heterocycles. The number of azide groups is 1. The van der Waals surface area contributed by atoms with Crippen LogP contribution in [0.5, 0.6) is 0 Å². The summed E-state index contributed by atoms with van der Waals surface area (Å²) in [7, 11) is 0. The molecule has 0 amide bonds. The van der Waals surface area contributed by atoms with E-state index in [0.29, 0.717) is 33.6 Å². The second kappa shape index (κ2) is 8.23. The zero-order valence-electron chi connectivity index (χ0n) is 17.3. The first-order chi connectivity index (χ1) is 16.2. The first-order valence-corrected chi connectivity index (χ1v) is 10.2. The first-order valence-electron chi connectivity index (χ1n) is 10.2. The molecule has 2 N–H and O–H groups in total. The van der Waals surface area contributed by atoms with E-state index < -0.39 is 0 Å². The van der Waals surface area contributed by atoms with Gasteiger partial charge in [-0.15, -0.1) is 0 Å². The van der Waals surface area contributed by atoms with E-state index in [1.54, 1.807) is 48.5 Å². The molecule has 5 rings (SSSR count). The summed E-state index contributed by atoms with van der Waals surface area (Å²) in [6.07, 6.45) is 1.82. The summed E-state index contributed by atoms with van der Waals surface area (Å²) in [5.41, 5.74) is 13.6. The van der Waals surface area contributed by atoms with Gasteiger partial charge in [-0.3, -0.25) is 4.79 Å². The highest BCUT2D eigenvalue weighted by Crippen LogP contribution is 2.41. The molecule has 0 unspecified atom stereocenters. The van der Waals surface area contributed by atoms with Gasteiger partial charge < -0.3 is 9.97 Å². The number of benzene rings is 3. The van der Waals surface area contributed by atoms with Gasteiger partial charge in [0.05, 0.1) is 17.0 Å². The van der Waals surface area contributed by atoms with Gasteiger partial charge in [-0.05, 0) is 17.2 Å². The monoisotopic (exact) mass is 428 g/mol. The Balaban J connectivity index is 1.85. The number of H-pyrrole nitrogens is 2. The third-order valence-electron chi connectivity index (χ3n) is 5.56. The number of carbonyl (C=O) groups excluding carboxylic acids is 1. The number of hydrogen-bond donors (Lipinski definition) is 2. The number of hydrogen-bond acceptors (Lipinski definition) is 3. The van der Waals surface area contributed by atoms with Gasteiger partial charge in [-0.1, -0.05) is 77.9 Å². The topological polar surface area (TPSA) is 121 Å². The van der Waals surface area contributed by atoms with Crippen LogP contribution in [0.25, 0.3) is 43.7 Å². The molecule has 0 radical (unpaired) electrons. The number of rotatable bonds is 5. The Kier molecular flexibility index (Phi) is 4.96. The van der Waals surface area contributed by atoms with Crippen LogP contribution in [0.4, 0.5) is 5.69 Å². The number of nitrogens with zero attached hydrogens (tertiary/aromatic N) is 4. The van der Waals surface area contributed by atoms with Gasteiger partial charge in [-0.2, -0.15) is 5.26 Å². The fourth-order valence-corrected chi connectivity index (χ4v) is 4.09. The first kappa shape index (κ1) is 19.9. The predicted octanol–water partition coefficient (Wildman–Crippen LogP) is 6.87. The maximum atomic E-state index is 13.6. The second-order valence-corrected chi connectivity index (χ2v) is 7.39. The fraction of sp³-hybridized carbons (Fsp3) is 0. The SMILES string of the molecule is N#Cc1c(-c2c[nH]c3ccccc23)[nH]c(C(=O)c2ccccc2)c1-c1ccccc1N=[N+]=[N-]. The molecular weight excluding hydrogens is 412 g/mol. The van der Waals surface area contributed by atoms with Crippen LogP contribution >= 0.6 is 0 Å². The number of nitrogens with one attached hydrogen (secondary N) is 2. The molecule has 0 aliphatic heterocycles. The molecular formula is C26H16N6O. The average molecular weight is 428 g/mol. The van der Waals surface area contributed by atoms with Gasteiger partial charge in [0.1, 0.15) is 6.07 Å². The molecule has 0 saturated heterocycles. The molecule has 0 aliphatic carbocycles. The van der Waals surface area contributed by atoms with E-state index in [0.717, 1.165) is 16.5 Å². The van der Waals surface area contributed by atoms with Crippen molar-refractivity contribution in [1.82, 2.24) is 9.97 Å². The second-order valence-electron chi connectivity index (χ2n) is 7.39. The van der Waals surface area contributed by atoms with Gasteiger partial charge in [0.2, 0.25) is 5.78 Å². The Bertz CT molecular complexity index is 1600. The van der Waals surface area contributed by atoms with Crippen molar-refractivity contribution >= 4 is 22.4 Å². The van der Waals surface area contributed by atoms with E-state index >= 15 is 0 Å². The number of ketones is 1. The highest BCUT2D eigenvalue weighted by atomic mass is 16.1. The van der Waals surface area contributed by atoms with Gasteiger partial charge >= 0.3 is 0 Å². The summed E-state index contributed by atoms with van der Waals surface area (Å²) in [4.78, 5) is 22.9. The highest BCUT2D eigenvalue weighted by molar-refractivity contribution is 6.14. The maximum Gasteiger partial charge on any atom is 0.209 e. The normalized spacial score (nSPS) is 10.5. The lowest BCUT2D eigenvalue weighted by atomic mass is 9.94. The minimum atomic E-state index is -0.260. The number of fused-ring (bicyclic) bond motifs is 1. The summed E-state index contributed by atoms with van der Waals surface area (Å²) in [5.74, 6) is -0.260. The summed E-state index contributed by atoms with van der Waals surface area (Å²) >= 11 is 0. The largest absolute Gasteiger partial charge is 0.360 e. The van der Waals surface area contributed by atoms with Crippen LogP contribution in [0, 0.1) is 11.3 Å². The van der Waals surface area contributed by atoms with Crippen LogP contribution in [0.15, 0.2) is 90.2 Å². The Labute approximate surface area is 188 Å². The van der Waals surface area contributed by atoms with Crippen molar-refractivity contribution in [2.24, 2.45) is 5.11 Å². The fourth-order valence-electron chi connectivity index (χ4n) is 4.09. The molecule has 0 saturated carbocycles. The van der Waals surface area contributed by atoms with Crippen LogP contribution in [0.3, 0.4) is 0 Å². The van der Waals surface area contributed by atoms with Crippen LogP contribution in [-0.2, 0) is 0 Å². The molecule has 0 spiro atoms. The molecule has 7 nitrogen and oxygen atoms in total. The molecule has 0 fully saturated rings. The van der Waals surface area contributed by atoms with Crippen LogP contribution in [0.1, 0.15) is 21.6 Å². The summed E-state index contributed by atoms with van der Waals surface area (Å²) in [5, 5.41) is 14.9. The van der Waals surface area contributed by atoms with Crippen molar-refractivity contribution in [2.45, 2.75) is 0 Å². The van der Waals surface area contributed by atoms with Crippen LogP contribution in [0.2, 0.25) is 0 Å². The van der Waals surface area contributed by atoms with E-state index in [-0.39, 0.29) is 11.5 Å². The van der Waals surface area contributed by atoms with E-state index in [1.807, 2.05) is 36.5 Å². The minimum Gasteiger partial charge on any atom is -0.360 e. The van der Waals surface area contributed by atoms with Crippen LogP contribution < -0.4 is 0 Å². The number of aromatic amines is 2. The zero-order valence-corrected chi connectivity index (χ0v) is 17.3. The lowest BCUT2D eigenvalue weighted by Gasteiger charge is -2.07. The van der Waals surface area contributed by atoms with Crippen molar-refractivity contribution in [2.75, 3.05) is 0 Å². The van der Waals surface area contributed by atoms with Crippen molar-refractivity contribution < 1.29 is 4.79 Å². The third kappa shape index (κ3) is 3.33. The Morgan fingerprint density at radius 2 is 1.67 bits per heavy atom. The van der Waals surface area contributed by atoms with E-state index in [4.69, 9.17) is 5.53 Å². The van der Waals surface area contributed by atoms with Gasteiger partial charge in [0.15, 0.2) is 0 Å². The molecule has 7 heteroatoms. The molecule has 33 heavy (non-hydrogen) atoms. The Hall–Kier alpha value is -5.05. The third-order valence-corrected chi connectivity index (χ3v) is 5.56. The molecule has 3 aromatic carbocycles. The van der Waals surface area contributed by atoms with E-state index in [9.17, 15) is 10.1 Å². The number of para-hydroxylation sites is 1. The van der Waals surface area contributed by atoms with Crippen LogP contribution in [-0.4, -0.2) is 15.8 Å². The number of nitriles is 1. The summed E-state index contributed by atoms with van der Waals surface area (Å²) in [6, 6.07) is 25.8. The van der Waals surface area contributed by atoms with Gasteiger partial charge in [0, 0.05) is 44.4 Å².